The minimum atomic E-state index is -0.0868. The molecule has 0 aliphatic carbocycles. The van der Waals surface area contributed by atoms with Gasteiger partial charge in [-0.25, -0.2) is 0 Å². The smallest absolute Gasteiger partial charge is 0.258 e. The van der Waals surface area contributed by atoms with Crippen molar-refractivity contribution < 1.29 is 14.1 Å². The monoisotopic (exact) mass is 286 g/mol. The third kappa shape index (κ3) is 2.83. The Morgan fingerprint density at radius 2 is 2.14 bits per heavy atom. The zero-order chi connectivity index (χ0) is 14.8. The van der Waals surface area contributed by atoms with Crippen LogP contribution in [-0.2, 0) is 17.8 Å². The van der Waals surface area contributed by atoms with Crippen LogP contribution < -0.4 is 0 Å². The fourth-order valence-corrected chi connectivity index (χ4v) is 2.62. The summed E-state index contributed by atoms with van der Waals surface area (Å²) < 4.78 is 10.8. The summed E-state index contributed by atoms with van der Waals surface area (Å²) in [5.41, 5.74) is 3.04. The number of fused-ring (bicyclic) bond motifs is 1. The highest BCUT2D eigenvalue weighted by atomic mass is 16.5. The SMILES string of the molecule is Cc1oncc1C(=O)N(C)C[C@@H]1Cc2ccccc2CO1. The lowest BCUT2D eigenvalue weighted by atomic mass is 9.99. The number of carbonyl (C=O) groups is 1. The summed E-state index contributed by atoms with van der Waals surface area (Å²) in [5, 5.41) is 3.65. The van der Waals surface area contributed by atoms with Crippen molar-refractivity contribution in [1.29, 1.82) is 0 Å². The summed E-state index contributed by atoms with van der Waals surface area (Å²) >= 11 is 0. The highest BCUT2D eigenvalue weighted by Gasteiger charge is 2.24. The van der Waals surface area contributed by atoms with Crippen LogP contribution in [0.5, 0.6) is 0 Å². The molecule has 1 amide bonds. The molecule has 0 spiro atoms. The van der Waals surface area contributed by atoms with Crippen molar-refractivity contribution in [3.63, 3.8) is 0 Å². The van der Waals surface area contributed by atoms with E-state index in [0.717, 1.165) is 6.42 Å². The Labute approximate surface area is 123 Å². The van der Waals surface area contributed by atoms with E-state index in [1.807, 2.05) is 12.1 Å². The second kappa shape index (κ2) is 5.69. The van der Waals surface area contributed by atoms with Gasteiger partial charge in [0.05, 0.1) is 18.9 Å². The topological polar surface area (TPSA) is 55.6 Å². The van der Waals surface area contributed by atoms with Crippen LogP contribution in [0.1, 0.15) is 27.2 Å². The van der Waals surface area contributed by atoms with Gasteiger partial charge in [-0.3, -0.25) is 4.79 Å². The number of aromatic nitrogens is 1. The van der Waals surface area contributed by atoms with Crippen LogP contribution >= 0.6 is 0 Å². The Morgan fingerprint density at radius 3 is 2.86 bits per heavy atom. The first-order valence-corrected chi connectivity index (χ1v) is 7.00. The standard InChI is InChI=1S/C16H18N2O3/c1-11-15(8-17-21-11)16(19)18(2)9-14-7-12-5-3-4-6-13(12)10-20-14/h3-6,8,14H,7,9-10H2,1-2H3/t14-/m0/s1. The van der Waals surface area contributed by atoms with Gasteiger partial charge in [0.25, 0.3) is 5.91 Å². The van der Waals surface area contributed by atoms with E-state index in [0.29, 0.717) is 24.5 Å². The van der Waals surface area contributed by atoms with Crippen molar-refractivity contribution in [2.24, 2.45) is 0 Å². The van der Waals surface area contributed by atoms with Crippen molar-refractivity contribution in [3.05, 3.63) is 52.9 Å². The predicted octanol–water partition coefficient (Wildman–Crippen LogP) is 2.20. The number of amides is 1. The number of benzene rings is 1. The van der Waals surface area contributed by atoms with E-state index in [1.165, 1.54) is 17.3 Å². The largest absolute Gasteiger partial charge is 0.371 e. The van der Waals surface area contributed by atoms with Crippen LogP contribution in [0.2, 0.25) is 0 Å². The molecule has 1 aliphatic rings. The zero-order valence-corrected chi connectivity index (χ0v) is 12.2. The molecule has 1 aromatic carbocycles. The van der Waals surface area contributed by atoms with Gasteiger partial charge in [-0.15, -0.1) is 0 Å². The second-order valence-corrected chi connectivity index (χ2v) is 5.39. The van der Waals surface area contributed by atoms with E-state index in [1.54, 1.807) is 18.9 Å². The van der Waals surface area contributed by atoms with E-state index in [2.05, 4.69) is 17.3 Å². The molecule has 1 aliphatic heterocycles. The molecule has 0 saturated carbocycles. The van der Waals surface area contributed by atoms with Gasteiger partial charge in [0, 0.05) is 20.0 Å². The number of rotatable bonds is 3. The van der Waals surface area contributed by atoms with Gasteiger partial charge in [0.2, 0.25) is 0 Å². The summed E-state index contributed by atoms with van der Waals surface area (Å²) in [6.07, 6.45) is 2.32. The molecule has 0 fully saturated rings. The normalized spacial score (nSPS) is 17.3. The molecule has 0 radical (unpaired) electrons. The van der Waals surface area contributed by atoms with Gasteiger partial charge in [0.1, 0.15) is 11.3 Å². The van der Waals surface area contributed by atoms with E-state index in [4.69, 9.17) is 9.26 Å². The van der Waals surface area contributed by atoms with Gasteiger partial charge < -0.3 is 14.2 Å². The van der Waals surface area contributed by atoms with Crippen LogP contribution in [0.25, 0.3) is 0 Å². The van der Waals surface area contributed by atoms with Gasteiger partial charge in [-0.05, 0) is 18.1 Å². The Kier molecular flexibility index (Phi) is 3.75. The maximum atomic E-state index is 12.3. The Bertz CT molecular complexity index is 650. The van der Waals surface area contributed by atoms with Crippen molar-refractivity contribution >= 4 is 5.91 Å². The lowest BCUT2D eigenvalue weighted by Crippen LogP contribution is -2.38. The van der Waals surface area contributed by atoms with E-state index < -0.39 is 0 Å². The minimum absolute atomic E-state index is 0.0222. The number of likely N-dealkylation sites (N-methyl/N-ethyl adjacent to an activating group) is 1. The average Bonchev–Trinajstić information content (AvgIpc) is 2.92. The quantitative estimate of drug-likeness (QED) is 0.868. The lowest BCUT2D eigenvalue weighted by Gasteiger charge is -2.28. The number of aryl methyl sites for hydroxylation is 1. The van der Waals surface area contributed by atoms with Crippen LogP contribution in [0.15, 0.2) is 35.0 Å². The van der Waals surface area contributed by atoms with Crippen molar-refractivity contribution in [3.8, 4) is 0 Å². The molecule has 2 aromatic rings. The Balaban J connectivity index is 1.65. The third-order valence-corrected chi connectivity index (χ3v) is 3.85. The number of hydrogen-bond donors (Lipinski definition) is 0. The first kappa shape index (κ1) is 13.8. The van der Waals surface area contributed by atoms with Crippen LogP contribution in [-0.4, -0.2) is 35.7 Å². The number of hydrogen-bond acceptors (Lipinski definition) is 4. The first-order chi connectivity index (χ1) is 10.1. The summed E-state index contributed by atoms with van der Waals surface area (Å²) in [7, 11) is 1.78. The van der Waals surface area contributed by atoms with Crippen molar-refractivity contribution in [1.82, 2.24) is 10.1 Å². The second-order valence-electron chi connectivity index (χ2n) is 5.39. The minimum Gasteiger partial charge on any atom is -0.371 e. The summed E-state index contributed by atoms with van der Waals surface area (Å²) in [5.74, 6) is 0.456. The predicted molar refractivity (Wildman–Crippen MR) is 76.9 cm³/mol. The molecule has 0 saturated heterocycles. The first-order valence-electron chi connectivity index (χ1n) is 7.00. The molecule has 3 rings (SSSR count). The molecule has 0 unspecified atom stereocenters. The molecule has 2 heterocycles. The number of carbonyl (C=O) groups excluding carboxylic acids is 1. The molecule has 0 N–H and O–H groups in total. The molecule has 5 heteroatoms. The Hall–Kier alpha value is -2.14. The van der Waals surface area contributed by atoms with E-state index in [-0.39, 0.29) is 12.0 Å². The molecule has 0 bridgehead atoms. The highest BCUT2D eigenvalue weighted by Crippen LogP contribution is 2.21. The molecule has 5 nitrogen and oxygen atoms in total. The molecule has 1 atom stereocenters. The third-order valence-electron chi connectivity index (χ3n) is 3.85. The molecule has 110 valence electrons. The van der Waals surface area contributed by atoms with Crippen LogP contribution in [0.4, 0.5) is 0 Å². The lowest BCUT2D eigenvalue weighted by molar-refractivity contribution is 0.00981. The fourth-order valence-electron chi connectivity index (χ4n) is 2.62. The van der Waals surface area contributed by atoms with E-state index in [9.17, 15) is 4.79 Å². The average molecular weight is 286 g/mol. The summed E-state index contributed by atoms with van der Waals surface area (Å²) in [6.45, 7) is 2.90. The summed E-state index contributed by atoms with van der Waals surface area (Å²) in [6, 6.07) is 8.27. The van der Waals surface area contributed by atoms with Crippen LogP contribution in [0.3, 0.4) is 0 Å². The molecule has 21 heavy (non-hydrogen) atoms. The van der Waals surface area contributed by atoms with Gasteiger partial charge in [0.15, 0.2) is 0 Å². The molecule has 1 aromatic heterocycles. The fraction of sp³-hybridized carbons (Fsp3) is 0.375. The zero-order valence-electron chi connectivity index (χ0n) is 12.2. The van der Waals surface area contributed by atoms with Gasteiger partial charge in [-0.1, -0.05) is 29.4 Å². The molecular weight excluding hydrogens is 268 g/mol. The Morgan fingerprint density at radius 1 is 1.38 bits per heavy atom. The maximum absolute atomic E-state index is 12.3. The van der Waals surface area contributed by atoms with Gasteiger partial charge in [-0.2, -0.15) is 0 Å². The summed E-state index contributed by atoms with van der Waals surface area (Å²) in [4.78, 5) is 14.0. The van der Waals surface area contributed by atoms with Crippen molar-refractivity contribution in [2.45, 2.75) is 26.1 Å². The van der Waals surface area contributed by atoms with Crippen LogP contribution in [0, 0.1) is 6.92 Å². The van der Waals surface area contributed by atoms with Gasteiger partial charge >= 0.3 is 0 Å². The maximum Gasteiger partial charge on any atom is 0.258 e. The van der Waals surface area contributed by atoms with E-state index >= 15 is 0 Å². The number of nitrogens with zero attached hydrogens (tertiary/aromatic N) is 2. The molecular formula is C16H18N2O3. The highest BCUT2D eigenvalue weighted by molar-refractivity contribution is 5.94. The van der Waals surface area contributed by atoms with Crippen molar-refractivity contribution in [2.75, 3.05) is 13.6 Å². The number of ether oxygens (including phenoxy) is 1.